The molecular formula is C16H17N5O3S. The Labute approximate surface area is 147 Å². The van der Waals surface area contributed by atoms with E-state index < -0.39 is 5.91 Å². The van der Waals surface area contributed by atoms with Crippen LogP contribution in [-0.4, -0.2) is 26.6 Å². The van der Waals surface area contributed by atoms with Gasteiger partial charge in [-0.2, -0.15) is 5.10 Å². The molecule has 8 nitrogen and oxygen atoms in total. The fraction of sp³-hybridized carbons (Fsp3) is 0.250. The van der Waals surface area contributed by atoms with E-state index in [2.05, 4.69) is 20.9 Å². The molecule has 0 spiro atoms. The van der Waals surface area contributed by atoms with Gasteiger partial charge < -0.3 is 4.42 Å². The van der Waals surface area contributed by atoms with Crippen LogP contribution in [0.25, 0.3) is 10.8 Å². The lowest BCUT2D eigenvalue weighted by Gasteiger charge is -2.07. The Morgan fingerprint density at radius 3 is 2.72 bits per heavy atom. The SMILES string of the molecule is Cc1cc(C)n(CC(=O)NNC(=O)c2nc(-c3ccco3)sc2C)n1. The minimum Gasteiger partial charge on any atom is -0.462 e. The number of hydrogen-bond donors (Lipinski definition) is 2. The minimum atomic E-state index is -0.478. The van der Waals surface area contributed by atoms with Crippen molar-refractivity contribution in [1.82, 2.24) is 25.6 Å². The van der Waals surface area contributed by atoms with E-state index in [-0.39, 0.29) is 18.1 Å². The quantitative estimate of drug-likeness (QED) is 0.694. The molecule has 2 amide bonds. The van der Waals surface area contributed by atoms with Crippen molar-refractivity contribution in [3.8, 4) is 10.8 Å². The van der Waals surface area contributed by atoms with Crippen LogP contribution in [0, 0.1) is 20.8 Å². The zero-order valence-corrected chi connectivity index (χ0v) is 14.8. The van der Waals surface area contributed by atoms with Gasteiger partial charge in [-0.15, -0.1) is 11.3 Å². The first kappa shape index (κ1) is 16.9. The largest absolute Gasteiger partial charge is 0.462 e. The highest BCUT2D eigenvalue weighted by Crippen LogP contribution is 2.27. The predicted molar refractivity (Wildman–Crippen MR) is 91.9 cm³/mol. The number of carbonyl (C=O) groups excluding carboxylic acids is 2. The highest BCUT2D eigenvalue weighted by Gasteiger charge is 2.18. The van der Waals surface area contributed by atoms with Gasteiger partial charge in [-0.3, -0.25) is 25.1 Å². The Balaban J connectivity index is 1.61. The highest BCUT2D eigenvalue weighted by molar-refractivity contribution is 7.15. The molecule has 0 aliphatic carbocycles. The van der Waals surface area contributed by atoms with Gasteiger partial charge >= 0.3 is 0 Å². The van der Waals surface area contributed by atoms with Crippen molar-refractivity contribution in [3.63, 3.8) is 0 Å². The van der Waals surface area contributed by atoms with Crippen LogP contribution in [0.15, 0.2) is 28.9 Å². The number of amides is 2. The van der Waals surface area contributed by atoms with E-state index >= 15 is 0 Å². The molecule has 9 heteroatoms. The molecule has 25 heavy (non-hydrogen) atoms. The molecule has 0 fully saturated rings. The lowest BCUT2D eigenvalue weighted by Crippen LogP contribution is -2.43. The normalized spacial score (nSPS) is 10.7. The third-order valence-corrected chi connectivity index (χ3v) is 4.44. The summed E-state index contributed by atoms with van der Waals surface area (Å²) in [5.74, 6) is -0.257. The van der Waals surface area contributed by atoms with Gasteiger partial charge in [0.25, 0.3) is 11.8 Å². The van der Waals surface area contributed by atoms with E-state index in [0.717, 1.165) is 16.3 Å². The molecule has 3 aromatic rings. The number of thiazole rings is 1. The van der Waals surface area contributed by atoms with Crippen molar-refractivity contribution in [2.75, 3.05) is 0 Å². The average Bonchev–Trinajstić information content (AvgIpc) is 3.26. The summed E-state index contributed by atoms with van der Waals surface area (Å²) in [5, 5.41) is 4.82. The third-order valence-electron chi connectivity index (χ3n) is 3.46. The van der Waals surface area contributed by atoms with E-state index in [1.165, 1.54) is 11.3 Å². The van der Waals surface area contributed by atoms with E-state index in [0.29, 0.717) is 10.8 Å². The topological polar surface area (TPSA) is 102 Å². The Bertz CT molecular complexity index is 911. The standard InChI is InChI=1S/C16H17N5O3S/c1-9-7-10(2)21(20-9)8-13(22)18-19-15(23)14-11(3)25-16(17-14)12-5-4-6-24-12/h4-7H,8H2,1-3H3,(H,18,22)(H,19,23). The molecule has 3 rings (SSSR count). The summed E-state index contributed by atoms with van der Waals surface area (Å²) in [4.78, 5) is 29.2. The van der Waals surface area contributed by atoms with Crippen LogP contribution >= 0.6 is 11.3 Å². The number of nitrogens with one attached hydrogen (secondary N) is 2. The number of aryl methyl sites for hydroxylation is 3. The molecule has 0 aliphatic heterocycles. The first-order valence-electron chi connectivity index (χ1n) is 7.55. The molecule has 2 N–H and O–H groups in total. The first-order valence-corrected chi connectivity index (χ1v) is 8.37. The number of hydrazine groups is 1. The van der Waals surface area contributed by atoms with Gasteiger partial charge in [0.2, 0.25) is 0 Å². The van der Waals surface area contributed by atoms with Crippen molar-refractivity contribution in [2.45, 2.75) is 27.3 Å². The molecular weight excluding hydrogens is 342 g/mol. The van der Waals surface area contributed by atoms with Crippen molar-refractivity contribution in [2.24, 2.45) is 0 Å². The van der Waals surface area contributed by atoms with Gasteiger partial charge in [0.1, 0.15) is 12.2 Å². The first-order chi connectivity index (χ1) is 11.9. The van der Waals surface area contributed by atoms with Gasteiger partial charge in [0, 0.05) is 10.6 Å². The Morgan fingerprint density at radius 1 is 1.28 bits per heavy atom. The number of furan rings is 1. The smallest absolute Gasteiger partial charge is 0.289 e. The monoisotopic (exact) mass is 359 g/mol. The van der Waals surface area contributed by atoms with E-state index in [9.17, 15) is 9.59 Å². The Hall–Kier alpha value is -2.94. The molecule has 0 saturated heterocycles. The lowest BCUT2D eigenvalue weighted by atomic mass is 10.3. The summed E-state index contributed by atoms with van der Waals surface area (Å²) in [6.07, 6.45) is 1.55. The average molecular weight is 359 g/mol. The number of rotatable bonds is 4. The molecule has 3 heterocycles. The van der Waals surface area contributed by atoms with Crippen LogP contribution in [0.2, 0.25) is 0 Å². The summed E-state index contributed by atoms with van der Waals surface area (Å²) in [5.41, 5.74) is 6.71. The van der Waals surface area contributed by atoms with Gasteiger partial charge in [0.05, 0.1) is 12.0 Å². The molecule has 0 unspecified atom stereocenters. The van der Waals surface area contributed by atoms with Crippen LogP contribution in [0.5, 0.6) is 0 Å². The molecule has 0 aliphatic rings. The van der Waals surface area contributed by atoms with Crippen LogP contribution in [0.3, 0.4) is 0 Å². The molecule has 3 aromatic heterocycles. The van der Waals surface area contributed by atoms with Crippen LogP contribution in [0.4, 0.5) is 0 Å². The molecule has 0 radical (unpaired) electrons. The van der Waals surface area contributed by atoms with Crippen LogP contribution < -0.4 is 10.9 Å². The molecule has 0 aromatic carbocycles. The minimum absolute atomic E-state index is 0.0215. The number of nitrogens with zero attached hydrogens (tertiary/aromatic N) is 3. The molecule has 130 valence electrons. The maximum absolute atomic E-state index is 12.2. The summed E-state index contributed by atoms with van der Waals surface area (Å²) in [6.45, 7) is 5.52. The number of aromatic nitrogens is 3. The maximum Gasteiger partial charge on any atom is 0.289 e. The van der Waals surface area contributed by atoms with Gasteiger partial charge in [0.15, 0.2) is 10.8 Å². The van der Waals surface area contributed by atoms with Gasteiger partial charge in [-0.05, 0) is 39.0 Å². The summed E-state index contributed by atoms with van der Waals surface area (Å²) >= 11 is 1.35. The fourth-order valence-electron chi connectivity index (χ4n) is 2.31. The molecule has 0 atom stereocenters. The number of carbonyl (C=O) groups is 2. The van der Waals surface area contributed by atoms with Gasteiger partial charge in [-0.25, -0.2) is 4.98 Å². The second kappa shape index (κ2) is 6.89. The lowest BCUT2D eigenvalue weighted by molar-refractivity contribution is -0.122. The van der Waals surface area contributed by atoms with Crippen LogP contribution in [0.1, 0.15) is 26.8 Å². The third kappa shape index (κ3) is 3.77. The molecule has 0 bridgehead atoms. The summed E-state index contributed by atoms with van der Waals surface area (Å²) < 4.78 is 6.85. The highest BCUT2D eigenvalue weighted by atomic mass is 32.1. The molecule has 0 saturated carbocycles. The predicted octanol–water partition coefficient (Wildman–Crippen LogP) is 1.99. The maximum atomic E-state index is 12.2. The van der Waals surface area contributed by atoms with Crippen molar-refractivity contribution in [3.05, 3.63) is 46.4 Å². The number of hydrogen-bond acceptors (Lipinski definition) is 6. The van der Waals surface area contributed by atoms with Crippen LogP contribution in [-0.2, 0) is 11.3 Å². The second-order valence-electron chi connectivity index (χ2n) is 5.49. The zero-order chi connectivity index (χ0) is 18.0. The Kier molecular flexibility index (Phi) is 4.66. The van der Waals surface area contributed by atoms with E-state index in [1.807, 2.05) is 19.9 Å². The van der Waals surface area contributed by atoms with Crippen molar-refractivity contribution in [1.29, 1.82) is 0 Å². The van der Waals surface area contributed by atoms with Crippen molar-refractivity contribution < 1.29 is 14.0 Å². The summed E-state index contributed by atoms with van der Waals surface area (Å²) in [6, 6.07) is 5.40. The van der Waals surface area contributed by atoms with E-state index in [4.69, 9.17) is 4.42 Å². The van der Waals surface area contributed by atoms with Crippen molar-refractivity contribution >= 4 is 23.2 Å². The summed E-state index contributed by atoms with van der Waals surface area (Å²) in [7, 11) is 0. The zero-order valence-electron chi connectivity index (χ0n) is 14.0. The van der Waals surface area contributed by atoms with E-state index in [1.54, 1.807) is 30.0 Å². The Morgan fingerprint density at radius 2 is 2.08 bits per heavy atom. The fourth-order valence-corrected chi connectivity index (χ4v) is 3.19. The second-order valence-corrected chi connectivity index (χ2v) is 6.69. The van der Waals surface area contributed by atoms with Gasteiger partial charge in [-0.1, -0.05) is 0 Å².